The van der Waals surface area contributed by atoms with Crippen LogP contribution in [-0.4, -0.2) is 25.2 Å². The lowest BCUT2D eigenvalue weighted by Gasteiger charge is -2.21. The minimum atomic E-state index is -3.65. The molecule has 0 unspecified atom stereocenters. The number of para-hydroxylation sites is 1. The van der Waals surface area contributed by atoms with Crippen LogP contribution in [-0.2, 0) is 16.6 Å². The van der Waals surface area contributed by atoms with E-state index in [9.17, 15) is 13.2 Å². The zero-order valence-corrected chi connectivity index (χ0v) is 16.7. The number of hydrogen-bond acceptors (Lipinski definition) is 3. The maximum atomic E-state index is 12.9. The largest absolute Gasteiger partial charge is 0.322 e. The van der Waals surface area contributed by atoms with Crippen molar-refractivity contribution in [3.05, 3.63) is 109 Å². The minimum Gasteiger partial charge on any atom is -0.322 e. The van der Waals surface area contributed by atoms with E-state index in [0.717, 1.165) is 5.56 Å². The van der Waals surface area contributed by atoms with Gasteiger partial charge in [0.15, 0.2) is 0 Å². The summed E-state index contributed by atoms with van der Waals surface area (Å²) in [5.41, 5.74) is 1.99. The molecule has 29 heavy (non-hydrogen) atoms. The summed E-state index contributed by atoms with van der Waals surface area (Å²) in [6.45, 7) is 4.04. The molecule has 0 aromatic heterocycles. The molecule has 0 bridgehead atoms. The Labute approximate surface area is 171 Å². The van der Waals surface area contributed by atoms with Gasteiger partial charge in [-0.05, 0) is 42.0 Å². The van der Waals surface area contributed by atoms with Crippen molar-refractivity contribution in [3.63, 3.8) is 0 Å². The fourth-order valence-electron chi connectivity index (χ4n) is 2.82. The molecule has 0 heterocycles. The van der Waals surface area contributed by atoms with E-state index in [1.807, 2.05) is 30.3 Å². The van der Waals surface area contributed by atoms with Crippen LogP contribution in [0.1, 0.15) is 15.9 Å². The fraction of sp³-hybridized carbons (Fsp3) is 0.0870. The number of amides is 1. The Balaban J connectivity index is 1.74. The molecule has 6 heteroatoms. The van der Waals surface area contributed by atoms with Gasteiger partial charge in [0.1, 0.15) is 0 Å². The first-order valence-electron chi connectivity index (χ1n) is 9.12. The predicted octanol–water partition coefficient (Wildman–Crippen LogP) is 4.32. The third-order valence-electron chi connectivity index (χ3n) is 4.32. The van der Waals surface area contributed by atoms with Crippen LogP contribution in [0.3, 0.4) is 0 Å². The Hall–Kier alpha value is -3.22. The number of anilines is 1. The van der Waals surface area contributed by atoms with E-state index in [1.165, 1.54) is 4.31 Å². The lowest BCUT2D eigenvalue weighted by molar-refractivity contribution is 0.102. The number of sulfonamides is 1. The maximum absolute atomic E-state index is 12.9. The monoisotopic (exact) mass is 406 g/mol. The molecule has 3 aromatic carbocycles. The van der Waals surface area contributed by atoms with Crippen molar-refractivity contribution in [2.75, 3.05) is 11.9 Å². The van der Waals surface area contributed by atoms with Crippen molar-refractivity contribution in [1.82, 2.24) is 4.31 Å². The number of hydrogen-bond donors (Lipinski definition) is 1. The highest BCUT2D eigenvalue weighted by atomic mass is 32.2. The molecule has 0 saturated heterocycles. The summed E-state index contributed by atoms with van der Waals surface area (Å²) in [5.74, 6) is -0.220. The summed E-state index contributed by atoms with van der Waals surface area (Å²) >= 11 is 0. The van der Waals surface area contributed by atoms with Crippen molar-refractivity contribution >= 4 is 21.6 Å². The molecule has 1 amide bonds. The number of nitrogens with one attached hydrogen (secondary N) is 1. The first-order valence-corrected chi connectivity index (χ1v) is 10.6. The highest BCUT2D eigenvalue weighted by Gasteiger charge is 2.23. The molecule has 5 nitrogen and oxygen atoms in total. The third-order valence-corrected chi connectivity index (χ3v) is 6.15. The van der Waals surface area contributed by atoms with Crippen LogP contribution < -0.4 is 5.32 Å². The smallest absolute Gasteiger partial charge is 0.255 e. The van der Waals surface area contributed by atoms with Gasteiger partial charge >= 0.3 is 0 Å². The van der Waals surface area contributed by atoms with Gasteiger partial charge in [-0.3, -0.25) is 4.79 Å². The van der Waals surface area contributed by atoms with Crippen LogP contribution in [0.5, 0.6) is 0 Å². The summed E-state index contributed by atoms with van der Waals surface area (Å²) in [6, 6.07) is 24.4. The number of carbonyl (C=O) groups excluding carboxylic acids is 1. The van der Waals surface area contributed by atoms with Crippen LogP contribution in [0, 0.1) is 0 Å². The van der Waals surface area contributed by atoms with Gasteiger partial charge in [0.25, 0.3) is 5.91 Å². The number of nitrogens with zero attached hydrogens (tertiary/aromatic N) is 1. The van der Waals surface area contributed by atoms with E-state index >= 15 is 0 Å². The summed E-state index contributed by atoms with van der Waals surface area (Å²) in [6.07, 6.45) is 1.56. The van der Waals surface area contributed by atoms with Gasteiger partial charge in [0.2, 0.25) is 10.0 Å². The predicted molar refractivity (Wildman–Crippen MR) is 115 cm³/mol. The number of benzene rings is 3. The molecule has 0 atom stereocenters. The van der Waals surface area contributed by atoms with E-state index in [0.29, 0.717) is 11.3 Å². The quantitative estimate of drug-likeness (QED) is 0.567. The van der Waals surface area contributed by atoms with Crippen LogP contribution in [0.2, 0.25) is 0 Å². The normalized spacial score (nSPS) is 11.2. The molecule has 1 N–H and O–H groups in total. The molecule has 0 aliphatic heterocycles. The topological polar surface area (TPSA) is 66.5 Å². The van der Waals surface area contributed by atoms with E-state index in [-0.39, 0.29) is 23.9 Å². The molecule has 0 aliphatic carbocycles. The Morgan fingerprint density at radius 2 is 1.48 bits per heavy atom. The molecular weight excluding hydrogens is 384 g/mol. The molecule has 3 aromatic rings. The van der Waals surface area contributed by atoms with Crippen LogP contribution in [0.25, 0.3) is 0 Å². The lowest BCUT2D eigenvalue weighted by atomic mass is 10.1. The van der Waals surface area contributed by atoms with E-state index in [1.54, 1.807) is 60.7 Å². The maximum Gasteiger partial charge on any atom is 0.255 e. The van der Waals surface area contributed by atoms with E-state index in [2.05, 4.69) is 11.9 Å². The van der Waals surface area contributed by atoms with Crippen LogP contribution >= 0.6 is 0 Å². The summed E-state index contributed by atoms with van der Waals surface area (Å²) in [5, 5.41) is 2.83. The van der Waals surface area contributed by atoms with Crippen molar-refractivity contribution < 1.29 is 13.2 Å². The van der Waals surface area contributed by atoms with Gasteiger partial charge in [-0.15, -0.1) is 6.58 Å². The standard InChI is InChI=1S/C23H22N2O3S/c1-2-17-25(29(27,28)22-11-7-4-8-12-22)18-19-13-15-20(16-14-19)23(26)24-21-9-5-3-6-10-21/h2-16H,1,17-18H2,(H,24,26). The van der Waals surface area contributed by atoms with Gasteiger partial charge in [-0.25, -0.2) is 8.42 Å². The first-order chi connectivity index (χ1) is 14.0. The first kappa shape index (κ1) is 20.5. The molecule has 3 rings (SSSR count). The summed E-state index contributed by atoms with van der Waals surface area (Å²) < 4.78 is 27.2. The van der Waals surface area contributed by atoms with Crippen molar-refractivity contribution in [2.24, 2.45) is 0 Å². The van der Waals surface area contributed by atoms with Gasteiger partial charge in [-0.2, -0.15) is 4.31 Å². The van der Waals surface area contributed by atoms with Gasteiger partial charge < -0.3 is 5.32 Å². The fourth-order valence-corrected chi connectivity index (χ4v) is 4.24. The zero-order valence-electron chi connectivity index (χ0n) is 15.9. The van der Waals surface area contributed by atoms with Crippen molar-refractivity contribution in [2.45, 2.75) is 11.4 Å². The lowest BCUT2D eigenvalue weighted by Crippen LogP contribution is -2.30. The highest BCUT2D eigenvalue weighted by Crippen LogP contribution is 2.19. The zero-order chi connectivity index (χ0) is 20.7. The molecule has 0 aliphatic rings. The van der Waals surface area contributed by atoms with Crippen molar-refractivity contribution in [1.29, 1.82) is 0 Å². The second-order valence-electron chi connectivity index (χ2n) is 6.42. The average Bonchev–Trinajstić information content (AvgIpc) is 2.75. The van der Waals surface area contributed by atoms with E-state index in [4.69, 9.17) is 0 Å². The molecule has 0 spiro atoms. The van der Waals surface area contributed by atoms with Gasteiger partial charge in [0, 0.05) is 24.3 Å². The Kier molecular flexibility index (Phi) is 6.59. The molecule has 0 saturated carbocycles. The Morgan fingerprint density at radius 1 is 0.897 bits per heavy atom. The van der Waals surface area contributed by atoms with Crippen LogP contribution in [0.15, 0.2) is 102 Å². The average molecular weight is 407 g/mol. The van der Waals surface area contributed by atoms with Crippen molar-refractivity contribution in [3.8, 4) is 0 Å². The molecule has 0 radical (unpaired) electrons. The van der Waals surface area contributed by atoms with E-state index < -0.39 is 10.0 Å². The Bertz CT molecular complexity index is 1060. The molecular formula is C23H22N2O3S. The highest BCUT2D eigenvalue weighted by molar-refractivity contribution is 7.89. The number of rotatable bonds is 8. The molecule has 148 valence electrons. The summed E-state index contributed by atoms with van der Waals surface area (Å²) in [7, 11) is -3.65. The van der Waals surface area contributed by atoms with Gasteiger partial charge in [0.05, 0.1) is 4.90 Å². The SMILES string of the molecule is C=CCN(Cc1ccc(C(=O)Nc2ccccc2)cc1)S(=O)(=O)c1ccccc1. The van der Waals surface area contributed by atoms with Crippen LogP contribution in [0.4, 0.5) is 5.69 Å². The number of carbonyl (C=O) groups is 1. The Morgan fingerprint density at radius 3 is 2.07 bits per heavy atom. The van der Waals surface area contributed by atoms with Gasteiger partial charge in [-0.1, -0.05) is 54.6 Å². The molecule has 0 fully saturated rings. The minimum absolute atomic E-state index is 0.184. The third kappa shape index (κ3) is 5.19. The second-order valence-corrected chi connectivity index (χ2v) is 8.35. The second kappa shape index (κ2) is 9.32. The summed E-state index contributed by atoms with van der Waals surface area (Å²) in [4.78, 5) is 12.6.